The number of carbonyl (C=O) groups is 3. The van der Waals surface area contributed by atoms with Gasteiger partial charge in [0.2, 0.25) is 5.91 Å². The normalized spacial score (nSPS) is 9.95. The molecule has 5 heteroatoms. The molecule has 0 saturated heterocycles. The molecule has 0 aliphatic heterocycles. The van der Waals surface area contributed by atoms with Gasteiger partial charge in [-0.05, 0) is 23.8 Å². The van der Waals surface area contributed by atoms with Crippen molar-refractivity contribution in [3.05, 3.63) is 29.3 Å². The highest BCUT2D eigenvalue weighted by Crippen LogP contribution is 2.20. The number of nitrogens with one attached hydrogen (secondary N) is 1. The van der Waals surface area contributed by atoms with E-state index >= 15 is 0 Å². The molecule has 0 aromatic heterocycles. The van der Waals surface area contributed by atoms with Gasteiger partial charge in [-0.15, -0.1) is 0 Å². The van der Waals surface area contributed by atoms with Crippen LogP contribution in [0, 0.1) is 0 Å². The third kappa shape index (κ3) is 4.19. The van der Waals surface area contributed by atoms with Crippen LogP contribution in [0.15, 0.2) is 18.2 Å². The zero-order valence-corrected chi connectivity index (χ0v) is 12.0. The SMILES string of the molecule is CCC(=O)Cc1cc(C(=O)OC)ccc1NC(=O)CC. The molecule has 20 heavy (non-hydrogen) atoms. The largest absolute Gasteiger partial charge is 0.465 e. The molecule has 1 amide bonds. The Bertz CT molecular complexity index is 523. The summed E-state index contributed by atoms with van der Waals surface area (Å²) in [5, 5.41) is 2.73. The first-order valence-corrected chi connectivity index (χ1v) is 6.54. The fraction of sp³-hybridized carbons (Fsp3) is 0.400. The Morgan fingerprint density at radius 1 is 1.15 bits per heavy atom. The molecule has 1 aromatic rings. The zero-order chi connectivity index (χ0) is 15.1. The number of ether oxygens (including phenoxy) is 1. The van der Waals surface area contributed by atoms with E-state index in [-0.39, 0.29) is 18.1 Å². The van der Waals surface area contributed by atoms with Crippen LogP contribution in [0.25, 0.3) is 0 Å². The Hall–Kier alpha value is -2.17. The predicted octanol–water partition coefficient (Wildman–Crippen LogP) is 2.34. The van der Waals surface area contributed by atoms with Crippen LogP contribution in [-0.4, -0.2) is 24.8 Å². The molecule has 0 atom stereocenters. The van der Waals surface area contributed by atoms with Crippen molar-refractivity contribution in [2.45, 2.75) is 33.1 Å². The second-order valence-corrected chi connectivity index (χ2v) is 4.33. The van der Waals surface area contributed by atoms with Crippen molar-refractivity contribution < 1.29 is 19.1 Å². The van der Waals surface area contributed by atoms with Gasteiger partial charge in [0.15, 0.2) is 0 Å². The van der Waals surface area contributed by atoms with Crippen molar-refractivity contribution in [2.75, 3.05) is 12.4 Å². The number of Topliss-reactive ketones (excluding diaryl/α,β-unsaturated/α-hetero) is 1. The lowest BCUT2D eigenvalue weighted by Gasteiger charge is -2.11. The van der Waals surface area contributed by atoms with Crippen LogP contribution in [0.1, 0.15) is 42.6 Å². The number of hydrogen-bond donors (Lipinski definition) is 1. The van der Waals surface area contributed by atoms with E-state index in [9.17, 15) is 14.4 Å². The van der Waals surface area contributed by atoms with Crippen molar-refractivity contribution in [1.82, 2.24) is 0 Å². The van der Waals surface area contributed by atoms with Gasteiger partial charge in [-0.2, -0.15) is 0 Å². The predicted molar refractivity (Wildman–Crippen MR) is 75.7 cm³/mol. The Morgan fingerprint density at radius 2 is 1.85 bits per heavy atom. The van der Waals surface area contributed by atoms with Crippen molar-refractivity contribution in [3.8, 4) is 0 Å². The van der Waals surface area contributed by atoms with Gasteiger partial charge in [-0.1, -0.05) is 13.8 Å². The summed E-state index contributed by atoms with van der Waals surface area (Å²) in [7, 11) is 1.30. The van der Waals surface area contributed by atoms with Gasteiger partial charge in [0, 0.05) is 24.9 Å². The van der Waals surface area contributed by atoms with Gasteiger partial charge in [-0.3, -0.25) is 9.59 Å². The summed E-state index contributed by atoms with van der Waals surface area (Å²) in [6.07, 6.45) is 0.935. The highest BCUT2D eigenvalue weighted by Gasteiger charge is 2.13. The van der Waals surface area contributed by atoms with Crippen LogP contribution in [0.4, 0.5) is 5.69 Å². The van der Waals surface area contributed by atoms with E-state index in [0.717, 1.165) is 0 Å². The molecule has 0 unspecified atom stereocenters. The van der Waals surface area contributed by atoms with E-state index in [1.54, 1.807) is 32.0 Å². The fourth-order valence-corrected chi connectivity index (χ4v) is 1.68. The van der Waals surface area contributed by atoms with E-state index in [1.165, 1.54) is 7.11 Å². The van der Waals surface area contributed by atoms with Gasteiger partial charge in [-0.25, -0.2) is 4.79 Å². The number of methoxy groups -OCH3 is 1. The molecule has 1 aromatic carbocycles. The minimum absolute atomic E-state index is 0.0408. The summed E-state index contributed by atoms with van der Waals surface area (Å²) in [6.45, 7) is 3.52. The lowest BCUT2D eigenvalue weighted by molar-refractivity contribution is -0.118. The minimum Gasteiger partial charge on any atom is -0.465 e. The lowest BCUT2D eigenvalue weighted by atomic mass is 10.0. The van der Waals surface area contributed by atoms with E-state index in [1.807, 2.05) is 0 Å². The molecule has 5 nitrogen and oxygen atoms in total. The molecule has 1 N–H and O–H groups in total. The van der Waals surface area contributed by atoms with E-state index in [4.69, 9.17) is 0 Å². The average molecular weight is 277 g/mol. The maximum Gasteiger partial charge on any atom is 0.337 e. The number of rotatable bonds is 6. The Labute approximate surface area is 118 Å². The number of amides is 1. The maximum atomic E-state index is 11.6. The fourth-order valence-electron chi connectivity index (χ4n) is 1.68. The summed E-state index contributed by atoms with van der Waals surface area (Å²) in [6, 6.07) is 4.78. The summed E-state index contributed by atoms with van der Waals surface area (Å²) < 4.78 is 4.65. The molecular weight excluding hydrogens is 258 g/mol. The topological polar surface area (TPSA) is 72.5 Å². The molecule has 0 heterocycles. The molecule has 0 fully saturated rings. The minimum atomic E-state index is -0.469. The summed E-state index contributed by atoms with van der Waals surface area (Å²) in [5.41, 5.74) is 1.55. The standard InChI is InChI=1S/C15H19NO4/c1-4-12(17)9-11-8-10(15(19)20-3)6-7-13(11)16-14(18)5-2/h6-8H,4-5,9H2,1-3H3,(H,16,18). The van der Waals surface area contributed by atoms with Gasteiger partial charge < -0.3 is 10.1 Å². The number of benzene rings is 1. The Morgan fingerprint density at radius 3 is 2.40 bits per heavy atom. The van der Waals surface area contributed by atoms with E-state index in [0.29, 0.717) is 29.7 Å². The van der Waals surface area contributed by atoms with Gasteiger partial charge in [0.25, 0.3) is 0 Å². The highest BCUT2D eigenvalue weighted by atomic mass is 16.5. The van der Waals surface area contributed by atoms with Crippen LogP contribution in [0.3, 0.4) is 0 Å². The van der Waals surface area contributed by atoms with Gasteiger partial charge >= 0.3 is 5.97 Å². The van der Waals surface area contributed by atoms with Crippen LogP contribution < -0.4 is 5.32 Å². The highest BCUT2D eigenvalue weighted by molar-refractivity contribution is 5.95. The molecule has 0 aliphatic carbocycles. The Balaban J connectivity index is 3.12. The van der Waals surface area contributed by atoms with Crippen molar-refractivity contribution in [2.24, 2.45) is 0 Å². The van der Waals surface area contributed by atoms with Crippen molar-refractivity contribution in [3.63, 3.8) is 0 Å². The van der Waals surface area contributed by atoms with E-state index in [2.05, 4.69) is 10.1 Å². The molecule has 0 saturated carbocycles. The van der Waals surface area contributed by atoms with Crippen LogP contribution >= 0.6 is 0 Å². The average Bonchev–Trinajstić information content (AvgIpc) is 2.47. The lowest BCUT2D eigenvalue weighted by Crippen LogP contribution is -2.14. The quantitative estimate of drug-likeness (QED) is 0.810. The van der Waals surface area contributed by atoms with Crippen LogP contribution in [0.5, 0.6) is 0 Å². The molecule has 0 aliphatic rings. The number of hydrogen-bond acceptors (Lipinski definition) is 4. The monoisotopic (exact) mass is 277 g/mol. The van der Waals surface area contributed by atoms with Crippen molar-refractivity contribution >= 4 is 23.3 Å². The Kier molecular flexibility index (Phi) is 5.90. The number of esters is 1. The summed E-state index contributed by atoms with van der Waals surface area (Å²) >= 11 is 0. The van der Waals surface area contributed by atoms with Gasteiger partial charge in [0.05, 0.1) is 12.7 Å². The zero-order valence-electron chi connectivity index (χ0n) is 12.0. The summed E-state index contributed by atoms with van der Waals surface area (Å²) in [5.74, 6) is -0.566. The first kappa shape index (κ1) is 15.9. The van der Waals surface area contributed by atoms with Crippen molar-refractivity contribution in [1.29, 1.82) is 0 Å². The molecular formula is C15H19NO4. The molecule has 0 bridgehead atoms. The molecule has 0 radical (unpaired) electrons. The first-order chi connectivity index (χ1) is 9.51. The second kappa shape index (κ2) is 7.43. The molecule has 108 valence electrons. The summed E-state index contributed by atoms with van der Waals surface area (Å²) in [4.78, 5) is 34.6. The van der Waals surface area contributed by atoms with E-state index < -0.39 is 5.97 Å². The third-order valence-corrected chi connectivity index (χ3v) is 2.90. The second-order valence-electron chi connectivity index (χ2n) is 4.33. The van der Waals surface area contributed by atoms with Gasteiger partial charge in [0.1, 0.15) is 5.78 Å². The third-order valence-electron chi connectivity index (χ3n) is 2.90. The van der Waals surface area contributed by atoms with Crippen LogP contribution in [-0.2, 0) is 20.7 Å². The number of ketones is 1. The number of anilines is 1. The molecule has 0 spiro atoms. The molecule has 1 rings (SSSR count). The smallest absolute Gasteiger partial charge is 0.337 e. The van der Waals surface area contributed by atoms with Crippen LogP contribution in [0.2, 0.25) is 0 Å². The maximum absolute atomic E-state index is 11.6. The number of carbonyl (C=O) groups excluding carboxylic acids is 3. The first-order valence-electron chi connectivity index (χ1n) is 6.54.